The molecule has 0 saturated heterocycles. The molecule has 1 atom stereocenters. The summed E-state index contributed by atoms with van der Waals surface area (Å²) in [7, 11) is 0. The molecule has 0 radical (unpaired) electrons. The Labute approximate surface area is 187 Å². The summed E-state index contributed by atoms with van der Waals surface area (Å²) in [5.74, 6) is 0.146. The molecule has 0 aliphatic carbocycles. The Hall–Kier alpha value is -3.80. The van der Waals surface area contributed by atoms with Crippen LogP contribution >= 0.6 is 11.8 Å². The number of amides is 1. The standard InChI is InChI=1S/C20H20N6O5S/c1-3-17(19(27)21-14-8-6-10-16(12-14)26(30)31)32-20-23-22-18(24(20)4-2)13-7-5-9-15(11-13)25(28)29/h5-12,17H,3-4H2,1-2H3,(H,21,27). The van der Waals surface area contributed by atoms with Crippen molar-refractivity contribution in [1.82, 2.24) is 14.8 Å². The van der Waals surface area contributed by atoms with Crippen LogP contribution in [0.4, 0.5) is 17.1 Å². The van der Waals surface area contributed by atoms with Gasteiger partial charge in [0.25, 0.3) is 11.4 Å². The van der Waals surface area contributed by atoms with Crippen LogP contribution in [0.3, 0.4) is 0 Å². The molecule has 1 N–H and O–H groups in total. The van der Waals surface area contributed by atoms with Gasteiger partial charge in [-0.05, 0) is 19.4 Å². The third-order valence-electron chi connectivity index (χ3n) is 4.58. The van der Waals surface area contributed by atoms with Crippen LogP contribution < -0.4 is 5.32 Å². The maximum Gasteiger partial charge on any atom is 0.271 e. The number of carbonyl (C=O) groups is 1. The van der Waals surface area contributed by atoms with Gasteiger partial charge in [-0.25, -0.2) is 0 Å². The van der Waals surface area contributed by atoms with Gasteiger partial charge < -0.3 is 9.88 Å². The first kappa shape index (κ1) is 22.9. The van der Waals surface area contributed by atoms with Crippen molar-refractivity contribution in [3.05, 3.63) is 68.8 Å². The normalized spacial score (nSPS) is 11.7. The maximum atomic E-state index is 12.8. The summed E-state index contributed by atoms with van der Waals surface area (Å²) in [5, 5.41) is 33.1. The Kier molecular flexibility index (Phi) is 7.15. The van der Waals surface area contributed by atoms with Crippen LogP contribution in [0.1, 0.15) is 20.3 Å². The van der Waals surface area contributed by atoms with Crippen LogP contribution in [-0.4, -0.2) is 35.8 Å². The van der Waals surface area contributed by atoms with Gasteiger partial charge in [-0.2, -0.15) is 0 Å². The number of nitrogens with zero attached hydrogens (tertiary/aromatic N) is 5. The molecule has 0 aliphatic heterocycles. The van der Waals surface area contributed by atoms with E-state index in [1.807, 2.05) is 13.8 Å². The number of hydrogen-bond donors (Lipinski definition) is 1. The minimum atomic E-state index is -0.527. The average molecular weight is 456 g/mol. The van der Waals surface area contributed by atoms with Crippen molar-refractivity contribution in [3.63, 3.8) is 0 Å². The molecular weight excluding hydrogens is 436 g/mol. The van der Waals surface area contributed by atoms with E-state index in [0.29, 0.717) is 35.2 Å². The van der Waals surface area contributed by atoms with Gasteiger partial charge in [0.1, 0.15) is 0 Å². The van der Waals surface area contributed by atoms with Crippen LogP contribution in [0.5, 0.6) is 0 Å². The van der Waals surface area contributed by atoms with E-state index in [1.165, 1.54) is 42.1 Å². The SMILES string of the molecule is CCC(Sc1nnc(-c2cccc([N+](=O)[O-])c2)n1CC)C(=O)Nc1cccc([N+](=O)[O-])c1. The fourth-order valence-electron chi connectivity index (χ4n) is 3.00. The van der Waals surface area contributed by atoms with Crippen molar-refractivity contribution in [2.75, 3.05) is 5.32 Å². The fraction of sp³-hybridized carbons (Fsp3) is 0.250. The number of rotatable bonds is 9. The quantitative estimate of drug-likeness (QED) is 0.285. The number of anilines is 1. The molecule has 12 heteroatoms. The van der Waals surface area contributed by atoms with Crippen molar-refractivity contribution < 1.29 is 14.6 Å². The number of hydrogen-bond acceptors (Lipinski definition) is 8. The summed E-state index contributed by atoms with van der Waals surface area (Å²) in [6, 6.07) is 11.8. The van der Waals surface area contributed by atoms with Gasteiger partial charge in [-0.1, -0.05) is 36.9 Å². The number of nitro benzene ring substituents is 2. The van der Waals surface area contributed by atoms with E-state index in [0.717, 1.165) is 0 Å². The lowest BCUT2D eigenvalue weighted by Gasteiger charge is -2.15. The first-order valence-corrected chi connectivity index (χ1v) is 10.6. The Morgan fingerprint density at radius 2 is 1.72 bits per heavy atom. The minimum absolute atomic E-state index is 0.0508. The summed E-state index contributed by atoms with van der Waals surface area (Å²) >= 11 is 1.21. The highest BCUT2D eigenvalue weighted by molar-refractivity contribution is 8.00. The molecule has 1 amide bonds. The summed E-state index contributed by atoms with van der Waals surface area (Å²) in [4.78, 5) is 33.8. The number of thioether (sulfide) groups is 1. The zero-order valence-corrected chi connectivity index (χ0v) is 18.1. The van der Waals surface area contributed by atoms with Gasteiger partial charge in [0.05, 0.1) is 15.1 Å². The lowest BCUT2D eigenvalue weighted by atomic mass is 10.2. The number of non-ortho nitro benzene ring substituents is 2. The summed E-state index contributed by atoms with van der Waals surface area (Å²) in [6.45, 7) is 4.23. The van der Waals surface area contributed by atoms with Crippen LogP contribution in [0, 0.1) is 20.2 Å². The summed E-state index contributed by atoms with van der Waals surface area (Å²) in [6.07, 6.45) is 0.480. The third kappa shape index (κ3) is 5.09. The Morgan fingerprint density at radius 1 is 1.06 bits per heavy atom. The van der Waals surface area contributed by atoms with Crippen molar-refractivity contribution in [2.45, 2.75) is 37.2 Å². The largest absolute Gasteiger partial charge is 0.325 e. The van der Waals surface area contributed by atoms with E-state index in [2.05, 4.69) is 15.5 Å². The van der Waals surface area contributed by atoms with E-state index >= 15 is 0 Å². The van der Waals surface area contributed by atoms with Crippen molar-refractivity contribution in [2.24, 2.45) is 0 Å². The van der Waals surface area contributed by atoms with Crippen molar-refractivity contribution >= 4 is 34.7 Å². The maximum absolute atomic E-state index is 12.8. The van der Waals surface area contributed by atoms with Crippen molar-refractivity contribution in [1.29, 1.82) is 0 Å². The number of nitro groups is 2. The molecule has 2 aromatic carbocycles. The Morgan fingerprint density at radius 3 is 2.34 bits per heavy atom. The van der Waals surface area contributed by atoms with Crippen LogP contribution in [0.25, 0.3) is 11.4 Å². The summed E-state index contributed by atoms with van der Waals surface area (Å²) in [5.41, 5.74) is 0.716. The molecule has 3 aromatic rings. The first-order valence-electron chi connectivity index (χ1n) is 9.74. The fourth-order valence-corrected chi connectivity index (χ4v) is 4.02. The molecular formula is C20H20N6O5S. The lowest BCUT2D eigenvalue weighted by molar-refractivity contribution is -0.385. The predicted molar refractivity (Wildman–Crippen MR) is 119 cm³/mol. The predicted octanol–water partition coefficient (Wildman–Crippen LogP) is 4.29. The third-order valence-corrected chi connectivity index (χ3v) is 5.93. The van der Waals surface area contributed by atoms with E-state index in [9.17, 15) is 25.0 Å². The van der Waals surface area contributed by atoms with E-state index in [4.69, 9.17) is 0 Å². The molecule has 32 heavy (non-hydrogen) atoms. The molecule has 1 aromatic heterocycles. The monoisotopic (exact) mass is 456 g/mol. The second-order valence-electron chi connectivity index (χ2n) is 6.67. The molecule has 1 unspecified atom stereocenters. The smallest absolute Gasteiger partial charge is 0.271 e. The first-order chi connectivity index (χ1) is 15.3. The minimum Gasteiger partial charge on any atom is -0.325 e. The number of carbonyl (C=O) groups excluding carboxylic acids is 1. The lowest BCUT2D eigenvalue weighted by Crippen LogP contribution is -2.25. The Balaban J connectivity index is 1.81. The molecule has 0 spiro atoms. The number of nitrogens with one attached hydrogen (secondary N) is 1. The van der Waals surface area contributed by atoms with Gasteiger partial charge in [0, 0.05) is 42.1 Å². The van der Waals surface area contributed by atoms with Gasteiger partial charge in [0.2, 0.25) is 5.91 Å². The van der Waals surface area contributed by atoms with E-state index in [-0.39, 0.29) is 17.3 Å². The van der Waals surface area contributed by atoms with E-state index < -0.39 is 15.1 Å². The van der Waals surface area contributed by atoms with Gasteiger partial charge in [0.15, 0.2) is 11.0 Å². The highest BCUT2D eigenvalue weighted by Crippen LogP contribution is 2.30. The topological polar surface area (TPSA) is 146 Å². The molecule has 11 nitrogen and oxygen atoms in total. The zero-order chi connectivity index (χ0) is 23.3. The Bertz CT molecular complexity index is 1160. The number of benzene rings is 2. The molecule has 3 rings (SSSR count). The zero-order valence-electron chi connectivity index (χ0n) is 17.3. The van der Waals surface area contributed by atoms with E-state index in [1.54, 1.807) is 22.8 Å². The van der Waals surface area contributed by atoms with Crippen LogP contribution in [-0.2, 0) is 11.3 Å². The molecule has 1 heterocycles. The second kappa shape index (κ2) is 10.0. The molecule has 0 aliphatic rings. The van der Waals surface area contributed by atoms with Crippen molar-refractivity contribution in [3.8, 4) is 11.4 Å². The summed E-state index contributed by atoms with van der Waals surface area (Å²) < 4.78 is 1.78. The molecule has 0 bridgehead atoms. The second-order valence-corrected chi connectivity index (χ2v) is 7.84. The van der Waals surface area contributed by atoms with Gasteiger partial charge in [-0.3, -0.25) is 25.0 Å². The average Bonchev–Trinajstić information content (AvgIpc) is 3.20. The molecule has 166 valence electrons. The molecule has 0 saturated carbocycles. The highest BCUT2D eigenvalue weighted by atomic mass is 32.2. The number of aromatic nitrogens is 3. The van der Waals surface area contributed by atoms with Gasteiger partial charge in [-0.15, -0.1) is 10.2 Å². The highest BCUT2D eigenvalue weighted by Gasteiger charge is 2.23. The van der Waals surface area contributed by atoms with Gasteiger partial charge >= 0.3 is 0 Å². The molecule has 0 fully saturated rings. The van der Waals surface area contributed by atoms with Crippen LogP contribution in [0.2, 0.25) is 0 Å². The van der Waals surface area contributed by atoms with Crippen LogP contribution in [0.15, 0.2) is 53.7 Å².